The minimum atomic E-state index is -4.09. The number of anilines is 1. The molecular weight excluding hydrogens is 459 g/mol. The molecular formula is C25H27FN2O5S. The lowest BCUT2D eigenvalue weighted by Gasteiger charge is -2.24. The van der Waals surface area contributed by atoms with Crippen molar-refractivity contribution >= 4 is 21.6 Å². The standard InChI is InChI=1S/C25H27FN2O5S/c1-32-22-12-14-24(15-13-22)34(30,31)28(21-10-8-20(26)9-11-21)18-25(29)27-16-4-6-19-5-3-7-23(17-19)33-2/h3,5,7-15,17H,4,6,16,18H2,1-2H3,(H,27,29). The van der Waals surface area contributed by atoms with Crippen LogP contribution in [0.25, 0.3) is 0 Å². The highest BCUT2D eigenvalue weighted by Gasteiger charge is 2.27. The number of aryl methyl sites for hydroxylation is 1. The predicted octanol–water partition coefficient (Wildman–Crippen LogP) is 3.79. The summed E-state index contributed by atoms with van der Waals surface area (Å²) < 4.78 is 51.4. The summed E-state index contributed by atoms with van der Waals surface area (Å²) >= 11 is 0. The molecule has 0 heterocycles. The molecule has 0 aliphatic rings. The van der Waals surface area contributed by atoms with Gasteiger partial charge in [-0.05, 0) is 79.1 Å². The molecule has 34 heavy (non-hydrogen) atoms. The summed E-state index contributed by atoms with van der Waals surface area (Å²) in [4.78, 5) is 12.6. The van der Waals surface area contributed by atoms with Crippen LogP contribution in [0.15, 0.2) is 77.7 Å². The molecule has 3 rings (SSSR count). The van der Waals surface area contributed by atoms with Gasteiger partial charge < -0.3 is 14.8 Å². The zero-order valence-electron chi connectivity index (χ0n) is 19.0. The van der Waals surface area contributed by atoms with E-state index in [1.54, 1.807) is 7.11 Å². The number of nitrogens with zero attached hydrogens (tertiary/aromatic N) is 1. The molecule has 9 heteroatoms. The van der Waals surface area contributed by atoms with Crippen LogP contribution in [-0.4, -0.2) is 41.6 Å². The van der Waals surface area contributed by atoms with Gasteiger partial charge in [-0.25, -0.2) is 12.8 Å². The molecule has 0 unspecified atom stereocenters. The van der Waals surface area contributed by atoms with Crippen LogP contribution >= 0.6 is 0 Å². The number of carbonyl (C=O) groups is 1. The minimum absolute atomic E-state index is 0.0107. The Bertz CT molecular complexity index is 1200. The molecule has 0 bridgehead atoms. The first kappa shape index (κ1) is 25.0. The van der Waals surface area contributed by atoms with Crippen molar-refractivity contribution in [1.82, 2.24) is 5.32 Å². The van der Waals surface area contributed by atoms with Crippen LogP contribution in [0.3, 0.4) is 0 Å². The number of sulfonamides is 1. The maximum atomic E-state index is 13.4. The summed E-state index contributed by atoms with van der Waals surface area (Å²) in [6.45, 7) is -0.0744. The van der Waals surface area contributed by atoms with E-state index in [1.165, 1.54) is 43.5 Å². The monoisotopic (exact) mass is 486 g/mol. The Balaban J connectivity index is 1.69. The summed E-state index contributed by atoms with van der Waals surface area (Å²) in [6.07, 6.45) is 1.39. The average molecular weight is 487 g/mol. The van der Waals surface area contributed by atoms with Gasteiger partial charge in [0, 0.05) is 6.54 Å². The molecule has 0 fully saturated rings. The highest BCUT2D eigenvalue weighted by Crippen LogP contribution is 2.25. The van der Waals surface area contributed by atoms with Gasteiger partial charge in [-0.2, -0.15) is 0 Å². The number of hydrogen-bond donors (Lipinski definition) is 1. The van der Waals surface area contributed by atoms with Crippen LogP contribution in [0.4, 0.5) is 10.1 Å². The molecule has 0 radical (unpaired) electrons. The van der Waals surface area contributed by atoms with Gasteiger partial charge in [-0.15, -0.1) is 0 Å². The number of amides is 1. The van der Waals surface area contributed by atoms with Gasteiger partial charge in [0.05, 0.1) is 24.8 Å². The van der Waals surface area contributed by atoms with E-state index in [2.05, 4.69) is 5.32 Å². The van der Waals surface area contributed by atoms with Gasteiger partial charge >= 0.3 is 0 Å². The first-order valence-corrected chi connectivity index (χ1v) is 12.1. The van der Waals surface area contributed by atoms with Gasteiger partial charge in [0.15, 0.2) is 0 Å². The molecule has 0 aliphatic heterocycles. The first-order chi connectivity index (χ1) is 16.3. The SMILES string of the molecule is COc1ccc(S(=O)(=O)N(CC(=O)NCCCc2cccc(OC)c2)c2ccc(F)cc2)cc1. The Morgan fingerprint density at radius 1 is 0.941 bits per heavy atom. The second kappa shape index (κ2) is 11.5. The molecule has 0 aliphatic carbocycles. The lowest BCUT2D eigenvalue weighted by molar-refractivity contribution is -0.119. The van der Waals surface area contributed by atoms with Crippen molar-refractivity contribution in [3.8, 4) is 11.5 Å². The van der Waals surface area contributed by atoms with E-state index in [4.69, 9.17) is 9.47 Å². The Kier molecular flexibility index (Phi) is 8.48. The van der Waals surface area contributed by atoms with E-state index < -0.39 is 28.3 Å². The third-order valence-electron chi connectivity index (χ3n) is 5.15. The summed E-state index contributed by atoms with van der Waals surface area (Å²) in [5.41, 5.74) is 1.26. The van der Waals surface area contributed by atoms with Gasteiger partial charge in [0.25, 0.3) is 10.0 Å². The van der Waals surface area contributed by atoms with Gasteiger partial charge in [-0.3, -0.25) is 9.10 Å². The third-order valence-corrected chi connectivity index (χ3v) is 6.94. The lowest BCUT2D eigenvalue weighted by atomic mass is 10.1. The van der Waals surface area contributed by atoms with E-state index in [-0.39, 0.29) is 10.6 Å². The average Bonchev–Trinajstić information content (AvgIpc) is 2.86. The van der Waals surface area contributed by atoms with E-state index in [0.29, 0.717) is 18.7 Å². The molecule has 0 aromatic heterocycles. The summed E-state index contributed by atoms with van der Waals surface area (Å²) in [7, 11) is -1.01. The maximum Gasteiger partial charge on any atom is 0.264 e. The molecule has 180 valence electrons. The molecule has 3 aromatic rings. The Labute approximate surface area is 199 Å². The first-order valence-electron chi connectivity index (χ1n) is 10.7. The molecule has 7 nitrogen and oxygen atoms in total. The van der Waals surface area contributed by atoms with Gasteiger partial charge in [0.2, 0.25) is 5.91 Å². The van der Waals surface area contributed by atoms with Crippen LogP contribution in [0, 0.1) is 5.82 Å². The van der Waals surface area contributed by atoms with E-state index in [1.807, 2.05) is 24.3 Å². The number of nitrogens with one attached hydrogen (secondary N) is 1. The van der Waals surface area contributed by atoms with Crippen molar-refractivity contribution in [1.29, 1.82) is 0 Å². The van der Waals surface area contributed by atoms with Crippen molar-refractivity contribution < 1.29 is 27.1 Å². The molecule has 1 amide bonds. The number of carbonyl (C=O) groups excluding carboxylic acids is 1. The van der Waals surface area contributed by atoms with Crippen molar-refractivity contribution in [2.75, 3.05) is 31.6 Å². The summed E-state index contributed by atoms with van der Waals surface area (Å²) in [5, 5.41) is 2.76. The second-order valence-corrected chi connectivity index (χ2v) is 9.33. The number of methoxy groups -OCH3 is 2. The zero-order valence-corrected chi connectivity index (χ0v) is 19.8. The summed E-state index contributed by atoms with van der Waals surface area (Å²) in [5.74, 6) is 0.292. The fraction of sp³-hybridized carbons (Fsp3) is 0.240. The highest BCUT2D eigenvalue weighted by molar-refractivity contribution is 7.92. The molecule has 0 atom stereocenters. The molecule has 1 N–H and O–H groups in total. The summed E-state index contributed by atoms with van der Waals surface area (Å²) in [6, 6.07) is 18.5. The van der Waals surface area contributed by atoms with Crippen LogP contribution in [-0.2, 0) is 21.2 Å². The van der Waals surface area contributed by atoms with Crippen LogP contribution in [0.2, 0.25) is 0 Å². The molecule has 3 aromatic carbocycles. The smallest absolute Gasteiger partial charge is 0.264 e. The van der Waals surface area contributed by atoms with Crippen molar-refractivity contribution in [2.24, 2.45) is 0 Å². The van der Waals surface area contributed by atoms with Crippen molar-refractivity contribution in [3.63, 3.8) is 0 Å². The maximum absolute atomic E-state index is 13.4. The zero-order chi connectivity index (χ0) is 24.6. The Morgan fingerprint density at radius 3 is 2.26 bits per heavy atom. The number of halogens is 1. The number of benzene rings is 3. The van der Waals surface area contributed by atoms with E-state index >= 15 is 0 Å². The number of rotatable bonds is 11. The fourth-order valence-corrected chi connectivity index (χ4v) is 4.75. The minimum Gasteiger partial charge on any atom is -0.497 e. The van der Waals surface area contributed by atoms with Crippen LogP contribution in [0.5, 0.6) is 11.5 Å². The Hall–Kier alpha value is -3.59. The van der Waals surface area contributed by atoms with Gasteiger partial charge in [0.1, 0.15) is 23.9 Å². The molecule has 0 saturated carbocycles. The van der Waals surface area contributed by atoms with Crippen molar-refractivity contribution in [3.05, 3.63) is 84.2 Å². The van der Waals surface area contributed by atoms with E-state index in [9.17, 15) is 17.6 Å². The number of hydrogen-bond acceptors (Lipinski definition) is 5. The normalized spacial score (nSPS) is 11.0. The largest absolute Gasteiger partial charge is 0.497 e. The van der Waals surface area contributed by atoms with Crippen molar-refractivity contribution in [2.45, 2.75) is 17.7 Å². The lowest BCUT2D eigenvalue weighted by Crippen LogP contribution is -2.41. The van der Waals surface area contributed by atoms with Crippen LogP contribution in [0.1, 0.15) is 12.0 Å². The second-order valence-electron chi connectivity index (χ2n) is 7.47. The predicted molar refractivity (Wildman–Crippen MR) is 128 cm³/mol. The quantitative estimate of drug-likeness (QED) is 0.417. The molecule has 0 saturated heterocycles. The number of ether oxygens (including phenoxy) is 2. The van der Waals surface area contributed by atoms with Gasteiger partial charge in [-0.1, -0.05) is 12.1 Å². The Morgan fingerprint density at radius 2 is 1.62 bits per heavy atom. The van der Waals surface area contributed by atoms with E-state index in [0.717, 1.165) is 34.2 Å². The third kappa shape index (κ3) is 6.48. The fourth-order valence-electron chi connectivity index (χ4n) is 3.33. The molecule has 0 spiro atoms. The topological polar surface area (TPSA) is 84.9 Å². The highest BCUT2D eigenvalue weighted by atomic mass is 32.2. The van der Waals surface area contributed by atoms with Crippen LogP contribution < -0.4 is 19.1 Å².